The third-order valence-corrected chi connectivity index (χ3v) is 7.82. The summed E-state index contributed by atoms with van der Waals surface area (Å²) in [6.45, 7) is 14.3. The third-order valence-electron chi connectivity index (χ3n) is 6.07. The highest BCUT2D eigenvalue weighted by molar-refractivity contribution is 7.91. The monoisotopic (exact) mass is 592 g/mol. The van der Waals surface area contributed by atoms with Crippen LogP contribution < -0.4 is 10.1 Å². The summed E-state index contributed by atoms with van der Waals surface area (Å²) < 4.78 is 41.0. The standard InChI is InChI=1S/C28H36N2O8S.C2H6.H2/c1-7-36-27(33)29-22-16-21(23-13-14-25(31)30(23)17-26(32)38-28(4,5)6)24(15-18(22)3)37-19-9-11-20(12-10-19)39(34,35)8-2;1-2;/h9-12,15-16,23H,7-8,13-14,17H2,1-6H3,(H,29,33);1-2H3;1H. The molecule has 0 saturated carbocycles. The Hall–Kier alpha value is -3.60. The van der Waals surface area contributed by atoms with Gasteiger partial charge in [0.15, 0.2) is 9.84 Å². The fraction of sp³-hybridized carbons (Fsp3) is 0.500. The first kappa shape index (κ1) is 33.6. The number of hydrogen-bond donors (Lipinski definition) is 1. The van der Waals surface area contributed by atoms with Gasteiger partial charge in [-0.1, -0.05) is 20.8 Å². The van der Waals surface area contributed by atoms with Crippen molar-refractivity contribution in [3.8, 4) is 11.5 Å². The van der Waals surface area contributed by atoms with Gasteiger partial charge >= 0.3 is 12.1 Å². The van der Waals surface area contributed by atoms with E-state index in [0.717, 1.165) is 0 Å². The molecular formula is C30H44N2O8S. The number of sulfone groups is 1. The highest BCUT2D eigenvalue weighted by Gasteiger charge is 2.36. The van der Waals surface area contributed by atoms with Gasteiger partial charge in [0, 0.05) is 19.1 Å². The fourth-order valence-corrected chi connectivity index (χ4v) is 5.12. The van der Waals surface area contributed by atoms with E-state index in [2.05, 4.69) is 5.32 Å². The Balaban J connectivity index is 0.00000288. The number of carbonyl (C=O) groups is 3. The van der Waals surface area contributed by atoms with Gasteiger partial charge < -0.3 is 19.1 Å². The van der Waals surface area contributed by atoms with Gasteiger partial charge in [-0.3, -0.25) is 14.9 Å². The molecule has 1 saturated heterocycles. The van der Waals surface area contributed by atoms with Gasteiger partial charge in [-0.15, -0.1) is 0 Å². The van der Waals surface area contributed by atoms with E-state index in [0.29, 0.717) is 34.7 Å². The van der Waals surface area contributed by atoms with Gasteiger partial charge in [0.1, 0.15) is 23.6 Å². The van der Waals surface area contributed by atoms with E-state index in [1.165, 1.54) is 17.0 Å². The molecule has 3 rings (SSSR count). The van der Waals surface area contributed by atoms with Crippen LogP contribution in [0.15, 0.2) is 41.3 Å². The quantitative estimate of drug-likeness (QED) is 0.330. The van der Waals surface area contributed by atoms with Gasteiger partial charge in [-0.05, 0) is 83.0 Å². The Morgan fingerprint density at radius 2 is 1.73 bits per heavy atom. The largest absolute Gasteiger partial charge is 0.459 e. The van der Waals surface area contributed by atoms with E-state index in [-0.39, 0.29) is 37.6 Å². The molecule has 1 heterocycles. The minimum atomic E-state index is -3.37. The molecule has 0 aromatic heterocycles. The highest BCUT2D eigenvalue weighted by Crippen LogP contribution is 2.42. The van der Waals surface area contributed by atoms with Gasteiger partial charge in [-0.25, -0.2) is 13.2 Å². The van der Waals surface area contributed by atoms with Crippen molar-refractivity contribution in [3.63, 3.8) is 0 Å². The van der Waals surface area contributed by atoms with Crippen LogP contribution in [0.4, 0.5) is 10.5 Å². The van der Waals surface area contributed by atoms with Crippen LogP contribution in [0.5, 0.6) is 11.5 Å². The molecule has 2 aromatic carbocycles. The number of carbonyl (C=O) groups excluding carboxylic acids is 3. The summed E-state index contributed by atoms with van der Waals surface area (Å²) in [6, 6.07) is 8.99. The molecule has 2 aromatic rings. The summed E-state index contributed by atoms with van der Waals surface area (Å²) in [4.78, 5) is 39.3. The number of amides is 2. The molecule has 1 aliphatic heterocycles. The van der Waals surface area contributed by atoms with Gasteiger partial charge in [-0.2, -0.15) is 0 Å². The smallest absolute Gasteiger partial charge is 0.411 e. The van der Waals surface area contributed by atoms with Crippen molar-refractivity contribution in [2.24, 2.45) is 0 Å². The number of hydrogen-bond acceptors (Lipinski definition) is 8. The van der Waals surface area contributed by atoms with Crippen LogP contribution in [-0.2, 0) is 28.9 Å². The Morgan fingerprint density at radius 3 is 2.29 bits per heavy atom. The van der Waals surface area contributed by atoms with E-state index >= 15 is 0 Å². The van der Waals surface area contributed by atoms with Gasteiger partial charge in [0.25, 0.3) is 0 Å². The van der Waals surface area contributed by atoms with Crippen molar-refractivity contribution < 1.29 is 38.4 Å². The molecule has 1 N–H and O–H groups in total. The lowest BCUT2D eigenvalue weighted by molar-refractivity contribution is -0.158. The Kier molecular flexibility index (Phi) is 11.8. The number of benzene rings is 2. The molecule has 1 aliphatic rings. The Labute approximate surface area is 244 Å². The van der Waals surface area contributed by atoms with Crippen molar-refractivity contribution in [2.75, 3.05) is 24.2 Å². The molecular weight excluding hydrogens is 548 g/mol. The maximum absolute atomic E-state index is 12.8. The number of likely N-dealkylation sites (tertiary alicyclic amines) is 1. The number of ether oxygens (including phenoxy) is 3. The summed E-state index contributed by atoms with van der Waals surface area (Å²) in [7, 11) is -3.37. The minimum Gasteiger partial charge on any atom is -0.459 e. The second-order valence-corrected chi connectivity index (χ2v) is 12.5. The normalized spacial score (nSPS) is 15.1. The number of esters is 1. The molecule has 10 nitrogen and oxygen atoms in total. The summed E-state index contributed by atoms with van der Waals surface area (Å²) in [5.41, 5.74) is 1.01. The van der Waals surface area contributed by atoms with E-state index in [1.807, 2.05) is 13.8 Å². The molecule has 0 spiro atoms. The molecule has 1 unspecified atom stereocenters. The lowest BCUT2D eigenvalue weighted by atomic mass is 9.99. The minimum absolute atomic E-state index is 0. The third kappa shape index (κ3) is 9.21. The van der Waals surface area contributed by atoms with E-state index in [9.17, 15) is 22.8 Å². The zero-order valence-electron chi connectivity index (χ0n) is 25.2. The number of aryl methyl sites for hydroxylation is 1. The summed E-state index contributed by atoms with van der Waals surface area (Å²) in [6.07, 6.45) is 0.0273. The first-order chi connectivity index (χ1) is 19.2. The van der Waals surface area contributed by atoms with Crippen molar-refractivity contribution in [2.45, 2.75) is 84.8 Å². The molecule has 2 amide bonds. The maximum atomic E-state index is 12.8. The molecule has 1 atom stereocenters. The molecule has 0 aliphatic carbocycles. The highest BCUT2D eigenvalue weighted by atomic mass is 32.2. The lowest BCUT2D eigenvalue weighted by Crippen LogP contribution is -2.37. The van der Waals surface area contributed by atoms with E-state index in [1.54, 1.807) is 65.8 Å². The molecule has 0 bridgehead atoms. The van der Waals surface area contributed by atoms with Crippen LogP contribution in [0.2, 0.25) is 0 Å². The van der Waals surface area contributed by atoms with Crippen molar-refractivity contribution in [1.29, 1.82) is 0 Å². The average Bonchev–Trinajstić information content (AvgIpc) is 3.25. The predicted octanol–water partition coefficient (Wildman–Crippen LogP) is 6.43. The Bertz CT molecular complexity index is 1340. The van der Waals surface area contributed by atoms with Crippen molar-refractivity contribution in [1.82, 2.24) is 4.90 Å². The number of anilines is 1. The molecule has 0 radical (unpaired) electrons. The second kappa shape index (κ2) is 14.3. The first-order valence-corrected chi connectivity index (χ1v) is 15.5. The van der Waals surface area contributed by atoms with Crippen LogP contribution >= 0.6 is 0 Å². The second-order valence-electron chi connectivity index (χ2n) is 10.2. The molecule has 228 valence electrons. The van der Waals surface area contributed by atoms with Crippen LogP contribution in [0, 0.1) is 6.92 Å². The fourth-order valence-electron chi connectivity index (χ4n) is 4.24. The molecule has 11 heteroatoms. The summed E-state index contributed by atoms with van der Waals surface area (Å²) in [5, 5.41) is 2.72. The predicted molar refractivity (Wildman–Crippen MR) is 159 cm³/mol. The summed E-state index contributed by atoms with van der Waals surface area (Å²) in [5.74, 6) is 0.0392. The van der Waals surface area contributed by atoms with Crippen LogP contribution in [0.3, 0.4) is 0 Å². The zero-order chi connectivity index (χ0) is 31.0. The molecule has 1 fully saturated rings. The number of rotatable bonds is 9. The van der Waals surface area contributed by atoms with Crippen LogP contribution in [0.25, 0.3) is 0 Å². The lowest BCUT2D eigenvalue weighted by Gasteiger charge is -2.28. The van der Waals surface area contributed by atoms with Crippen molar-refractivity contribution in [3.05, 3.63) is 47.5 Å². The summed E-state index contributed by atoms with van der Waals surface area (Å²) >= 11 is 0. The van der Waals surface area contributed by atoms with E-state index < -0.39 is 33.5 Å². The topological polar surface area (TPSA) is 128 Å². The zero-order valence-corrected chi connectivity index (χ0v) is 26.0. The maximum Gasteiger partial charge on any atom is 0.411 e. The van der Waals surface area contributed by atoms with Crippen molar-refractivity contribution >= 4 is 33.5 Å². The molecule has 41 heavy (non-hydrogen) atoms. The van der Waals surface area contributed by atoms with Gasteiger partial charge in [0.2, 0.25) is 5.91 Å². The number of nitrogens with zero attached hydrogens (tertiary/aromatic N) is 1. The van der Waals surface area contributed by atoms with Crippen LogP contribution in [0.1, 0.15) is 79.9 Å². The van der Waals surface area contributed by atoms with Gasteiger partial charge in [0.05, 0.1) is 23.3 Å². The average molecular weight is 593 g/mol. The van der Waals surface area contributed by atoms with E-state index in [4.69, 9.17) is 14.2 Å². The van der Waals surface area contributed by atoms with Crippen LogP contribution in [-0.4, -0.2) is 55.8 Å². The number of nitrogens with one attached hydrogen (secondary N) is 1. The SMILES string of the molecule is CC.CCOC(=O)Nc1cc(C2CCC(=O)N2CC(=O)OC(C)(C)C)c(Oc2ccc(S(=O)(=O)CC)cc2)cc1C.[HH]. The first-order valence-electron chi connectivity index (χ1n) is 13.8. The Morgan fingerprint density at radius 1 is 1.10 bits per heavy atom.